The van der Waals surface area contributed by atoms with E-state index in [2.05, 4.69) is 10.3 Å². The quantitative estimate of drug-likeness (QED) is 0.381. The maximum atomic E-state index is 14.8. The number of ether oxygens (including phenoxy) is 1. The average Bonchev–Trinajstić information content (AvgIpc) is 2.78. The number of aromatic nitrogens is 1. The van der Waals surface area contributed by atoms with Gasteiger partial charge >= 0.3 is 0 Å². The first kappa shape index (κ1) is 25.3. The molecule has 0 aliphatic heterocycles. The molecule has 0 fully saturated rings. The van der Waals surface area contributed by atoms with Crippen LogP contribution in [0.1, 0.15) is 16.4 Å². The number of sulfone groups is 1. The summed E-state index contributed by atoms with van der Waals surface area (Å²) in [6, 6.07) is 9.32. The molecule has 0 aliphatic carbocycles. The van der Waals surface area contributed by atoms with E-state index in [1.165, 1.54) is 36.5 Å². The molecule has 0 aliphatic rings. The van der Waals surface area contributed by atoms with Crippen LogP contribution in [-0.2, 0) is 14.6 Å². The largest absolute Gasteiger partial charge is 0.394 e. The lowest BCUT2D eigenvalue weighted by molar-refractivity contribution is 0.0992. The second-order valence-electron chi connectivity index (χ2n) is 6.90. The van der Waals surface area contributed by atoms with E-state index in [4.69, 9.17) is 33.0 Å². The Balaban J connectivity index is 2.09. The SMILES string of the molecule is O=S(=O)(c1ccc(Cl)cc1)C(c1cc(F)ccc1F)c1cc(NCCOCCO)ncc1Cl. The number of halogens is 4. The van der Waals surface area contributed by atoms with Gasteiger partial charge in [0.15, 0.2) is 9.84 Å². The molecule has 1 heterocycles. The van der Waals surface area contributed by atoms with Gasteiger partial charge in [-0.3, -0.25) is 0 Å². The predicted molar refractivity (Wildman–Crippen MR) is 122 cm³/mol. The summed E-state index contributed by atoms with van der Waals surface area (Å²) in [5, 5.41) is 10.3. The number of anilines is 1. The molecule has 3 rings (SSSR count). The van der Waals surface area contributed by atoms with Gasteiger partial charge in [0, 0.05) is 23.3 Å². The van der Waals surface area contributed by atoms with Gasteiger partial charge in [-0.2, -0.15) is 0 Å². The first-order valence-corrected chi connectivity index (χ1v) is 12.1. The Kier molecular flexibility index (Phi) is 8.61. The number of benzene rings is 2. The van der Waals surface area contributed by atoms with Gasteiger partial charge in [0.25, 0.3) is 0 Å². The monoisotopic (exact) mass is 516 g/mol. The molecule has 1 atom stereocenters. The van der Waals surface area contributed by atoms with Crippen LogP contribution in [0.15, 0.2) is 59.6 Å². The number of aliphatic hydroxyl groups excluding tert-OH is 1. The second kappa shape index (κ2) is 11.2. The molecule has 2 aromatic carbocycles. The van der Waals surface area contributed by atoms with Crippen LogP contribution in [0.3, 0.4) is 0 Å². The number of hydrogen-bond acceptors (Lipinski definition) is 6. The fourth-order valence-corrected chi connectivity index (χ4v) is 5.38. The maximum absolute atomic E-state index is 14.8. The van der Waals surface area contributed by atoms with Crippen LogP contribution in [0.25, 0.3) is 0 Å². The van der Waals surface area contributed by atoms with Crippen molar-refractivity contribution in [1.82, 2.24) is 4.98 Å². The van der Waals surface area contributed by atoms with Gasteiger partial charge in [0.2, 0.25) is 0 Å². The van der Waals surface area contributed by atoms with E-state index < -0.39 is 32.3 Å². The highest BCUT2D eigenvalue weighted by atomic mass is 35.5. The van der Waals surface area contributed by atoms with Gasteiger partial charge in [-0.1, -0.05) is 23.2 Å². The Morgan fingerprint density at radius 2 is 1.76 bits per heavy atom. The minimum atomic E-state index is -4.29. The van der Waals surface area contributed by atoms with Crippen LogP contribution in [0.2, 0.25) is 10.0 Å². The van der Waals surface area contributed by atoms with Crippen LogP contribution < -0.4 is 5.32 Å². The van der Waals surface area contributed by atoms with Crippen molar-refractivity contribution in [3.05, 3.63) is 87.5 Å². The van der Waals surface area contributed by atoms with Gasteiger partial charge < -0.3 is 15.2 Å². The zero-order valence-corrected chi connectivity index (χ0v) is 19.5. The van der Waals surface area contributed by atoms with Crippen LogP contribution in [0.5, 0.6) is 0 Å². The smallest absolute Gasteiger partial charge is 0.189 e. The molecule has 0 saturated heterocycles. The van der Waals surface area contributed by atoms with Crippen molar-refractivity contribution >= 4 is 38.9 Å². The lowest BCUT2D eigenvalue weighted by Crippen LogP contribution is -2.18. The standard InChI is InChI=1S/C22H20Cl2F2N2O4S/c23-14-1-4-16(5-2-14)33(30,31)22(18-11-15(25)3-6-20(18)26)17-12-21(28-13-19(17)24)27-7-9-32-10-8-29/h1-6,11-13,22,29H,7-10H2,(H,27,28). The molecular weight excluding hydrogens is 497 g/mol. The Morgan fingerprint density at radius 1 is 1.03 bits per heavy atom. The van der Waals surface area contributed by atoms with E-state index in [0.717, 1.165) is 18.2 Å². The van der Waals surface area contributed by atoms with Crippen molar-refractivity contribution < 1.29 is 27.0 Å². The lowest BCUT2D eigenvalue weighted by Gasteiger charge is -2.21. The number of nitrogens with zero attached hydrogens (tertiary/aromatic N) is 1. The fourth-order valence-electron chi connectivity index (χ4n) is 3.15. The van der Waals surface area contributed by atoms with Crippen LogP contribution in [0.4, 0.5) is 14.6 Å². The zero-order valence-electron chi connectivity index (χ0n) is 17.1. The van der Waals surface area contributed by atoms with Crippen molar-refractivity contribution in [1.29, 1.82) is 0 Å². The summed E-state index contributed by atoms with van der Waals surface area (Å²) in [7, 11) is -4.29. The number of aliphatic hydroxyl groups is 1. The highest BCUT2D eigenvalue weighted by Crippen LogP contribution is 2.40. The molecule has 2 N–H and O–H groups in total. The third kappa shape index (κ3) is 6.18. The van der Waals surface area contributed by atoms with Gasteiger partial charge in [0.1, 0.15) is 22.7 Å². The van der Waals surface area contributed by atoms with Gasteiger partial charge in [-0.25, -0.2) is 22.2 Å². The second-order valence-corrected chi connectivity index (χ2v) is 9.78. The Hall–Kier alpha value is -2.30. The van der Waals surface area contributed by atoms with E-state index in [-0.39, 0.29) is 41.1 Å². The first-order valence-electron chi connectivity index (χ1n) is 9.76. The lowest BCUT2D eigenvalue weighted by atomic mass is 10.0. The summed E-state index contributed by atoms with van der Waals surface area (Å²) >= 11 is 12.2. The molecule has 11 heteroatoms. The molecule has 6 nitrogen and oxygen atoms in total. The van der Waals surface area contributed by atoms with Gasteiger partial charge in [0.05, 0.1) is 29.7 Å². The number of nitrogens with one attached hydrogen (secondary N) is 1. The molecule has 3 aromatic rings. The Morgan fingerprint density at radius 3 is 2.45 bits per heavy atom. The molecule has 0 amide bonds. The number of rotatable bonds is 10. The van der Waals surface area contributed by atoms with Crippen LogP contribution >= 0.6 is 23.2 Å². The number of hydrogen-bond donors (Lipinski definition) is 2. The summed E-state index contributed by atoms with van der Waals surface area (Å²) < 4.78 is 61.3. The van der Waals surface area contributed by atoms with Crippen molar-refractivity contribution in [2.24, 2.45) is 0 Å². The number of pyridine rings is 1. The Labute approximate surface area is 200 Å². The van der Waals surface area contributed by atoms with E-state index in [9.17, 15) is 17.2 Å². The van der Waals surface area contributed by atoms with Crippen LogP contribution in [0, 0.1) is 11.6 Å². The van der Waals surface area contributed by atoms with Crippen molar-refractivity contribution in [2.75, 3.05) is 31.7 Å². The third-order valence-electron chi connectivity index (χ3n) is 4.65. The molecule has 0 bridgehead atoms. The summed E-state index contributed by atoms with van der Waals surface area (Å²) in [5.74, 6) is -1.44. The summed E-state index contributed by atoms with van der Waals surface area (Å²) in [6.07, 6.45) is 1.23. The topological polar surface area (TPSA) is 88.5 Å². The highest BCUT2D eigenvalue weighted by molar-refractivity contribution is 7.92. The molecular formula is C22H20Cl2F2N2O4S. The summed E-state index contributed by atoms with van der Waals surface area (Å²) in [6.45, 7) is 0.607. The summed E-state index contributed by atoms with van der Waals surface area (Å²) in [5.41, 5.74) is -0.375. The molecule has 0 saturated carbocycles. The predicted octanol–water partition coefficient (Wildman–Crippen LogP) is 4.65. The van der Waals surface area contributed by atoms with Gasteiger partial charge in [-0.15, -0.1) is 0 Å². The molecule has 176 valence electrons. The average molecular weight is 517 g/mol. The first-order chi connectivity index (χ1) is 15.7. The maximum Gasteiger partial charge on any atom is 0.189 e. The Bertz CT molecular complexity index is 1210. The van der Waals surface area contributed by atoms with Crippen molar-refractivity contribution in [2.45, 2.75) is 10.1 Å². The minimum absolute atomic E-state index is 0.0184. The zero-order chi connectivity index (χ0) is 24.0. The summed E-state index contributed by atoms with van der Waals surface area (Å²) in [4.78, 5) is 3.97. The molecule has 33 heavy (non-hydrogen) atoms. The van der Waals surface area contributed by atoms with Crippen molar-refractivity contribution in [3.8, 4) is 0 Å². The third-order valence-corrected chi connectivity index (χ3v) is 7.27. The molecule has 1 aromatic heterocycles. The van der Waals surface area contributed by atoms with E-state index in [1.54, 1.807) is 0 Å². The van der Waals surface area contributed by atoms with Crippen molar-refractivity contribution in [3.63, 3.8) is 0 Å². The van der Waals surface area contributed by atoms with E-state index in [1.807, 2.05) is 0 Å². The van der Waals surface area contributed by atoms with Crippen LogP contribution in [-0.4, -0.2) is 44.9 Å². The fraction of sp³-hybridized carbons (Fsp3) is 0.227. The molecule has 1 unspecified atom stereocenters. The molecule has 0 radical (unpaired) electrons. The minimum Gasteiger partial charge on any atom is -0.394 e. The highest BCUT2D eigenvalue weighted by Gasteiger charge is 2.35. The van der Waals surface area contributed by atoms with E-state index in [0.29, 0.717) is 11.6 Å². The normalized spacial score (nSPS) is 12.5. The van der Waals surface area contributed by atoms with E-state index >= 15 is 0 Å². The van der Waals surface area contributed by atoms with Gasteiger partial charge in [-0.05, 0) is 54.1 Å². The molecule has 0 spiro atoms.